The zero-order chi connectivity index (χ0) is 24.1. The first-order valence-electron chi connectivity index (χ1n) is 9.90. The lowest BCUT2D eigenvalue weighted by atomic mass is 10.2. The molecule has 1 heterocycles. The maximum absolute atomic E-state index is 13.1. The van der Waals surface area contributed by atoms with Crippen molar-refractivity contribution < 1.29 is 19.0 Å². The lowest BCUT2D eigenvalue weighted by molar-refractivity contribution is -0.145. The van der Waals surface area contributed by atoms with Gasteiger partial charge in [-0.25, -0.2) is 9.78 Å². The van der Waals surface area contributed by atoms with Crippen LogP contribution in [0.4, 0.5) is 0 Å². The first-order valence-corrected chi connectivity index (χ1v) is 12.3. The van der Waals surface area contributed by atoms with Crippen LogP contribution in [0.2, 0.25) is 0 Å². The fourth-order valence-corrected chi connectivity index (χ4v) is 4.28. The van der Waals surface area contributed by atoms with E-state index in [0.29, 0.717) is 49.2 Å². The van der Waals surface area contributed by atoms with Crippen LogP contribution in [-0.2, 0) is 16.0 Å². The van der Waals surface area contributed by atoms with Gasteiger partial charge in [-0.15, -0.1) is 0 Å². The molecule has 0 saturated heterocycles. The number of methoxy groups -OCH3 is 1. The van der Waals surface area contributed by atoms with Crippen LogP contribution in [0.1, 0.15) is 25.2 Å². The summed E-state index contributed by atoms with van der Waals surface area (Å²) in [5, 5.41) is 4.87. The number of ether oxygens (including phenoxy) is 3. The monoisotopic (exact) mass is 643 g/mol. The molecule has 0 spiro atoms. The van der Waals surface area contributed by atoms with Crippen molar-refractivity contribution in [3.05, 3.63) is 59.4 Å². The van der Waals surface area contributed by atoms with E-state index in [1.807, 2.05) is 13.0 Å². The van der Waals surface area contributed by atoms with Gasteiger partial charge in [0, 0.05) is 20.9 Å². The van der Waals surface area contributed by atoms with Crippen LogP contribution in [0.25, 0.3) is 10.9 Å². The van der Waals surface area contributed by atoms with Gasteiger partial charge >= 0.3 is 5.97 Å². The van der Waals surface area contributed by atoms with Gasteiger partial charge in [0.2, 0.25) is 0 Å². The Balaban J connectivity index is 2.03. The van der Waals surface area contributed by atoms with Gasteiger partial charge in [-0.3, -0.25) is 4.79 Å². The van der Waals surface area contributed by atoms with Crippen LogP contribution in [-0.4, -0.2) is 42.2 Å². The van der Waals surface area contributed by atoms with Crippen molar-refractivity contribution in [2.75, 3.05) is 20.3 Å². The molecule has 0 fully saturated rings. The Kier molecular flexibility index (Phi) is 8.66. The first kappa shape index (κ1) is 25.4. The van der Waals surface area contributed by atoms with Gasteiger partial charge < -0.3 is 14.2 Å². The predicted molar refractivity (Wildman–Crippen MR) is 137 cm³/mol. The minimum Gasteiger partial charge on any atom is -0.493 e. The van der Waals surface area contributed by atoms with Gasteiger partial charge in [-0.1, -0.05) is 22.9 Å². The van der Waals surface area contributed by atoms with Gasteiger partial charge in [-0.2, -0.15) is 9.78 Å². The van der Waals surface area contributed by atoms with Crippen molar-refractivity contribution >= 4 is 70.9 Å². The lowest BCUT2D eigenvalue weighted by Gasteiger charge is -2.15. The topological polar surface area (TPSA) is 92.0 Å². The quantitative estimate of drug-likeness (QED) is 0.251. The molecule has 0 aliphatic carbocycles. The van der Waals surface area contributed by atoms with E-state index >= 15 is 0 Å². The summed E-state index contributed by atoms with van der Waals surface area (Å²) in [5.74, 6) is 0.746. The van der Waals surface area contributed by atoms with Crippen molar-refractivity contribution in [1.29, 1.82) is 0 Å². The van der Waals surface area contributed by atoms with Gasteiger partial charge in [0.15, 0.2) is 18.1 Å². The number of nitrogens with zero attached hydrogens (tertiary/aromatic N) is 3. The summed E-state index contributed by atoms with van der Waals surface area (Å²) in [5.41, 5.74) is 0.955. The van der Waals surface area contributed by atoms with E-state index in [0.717, 1.165) is 4.47 Å². The highest BCUT2D eigenvalue weighted by Gasteiger charge is 2.18. The highest BCUT2D eigenvalue weighted by atomic mass is 79.9. The molecule has 3 aromatic rings. The van der Waals surface area contributed by atoms with E-state index < -0.39 is 5.97 Å². The summed E-state index contributed by atoms with van der Waals surface area (Å²) in [6.45, 7) is 3.62. The molecule has 33 heavy (non-hydrogen) atoms. The third kappa shape index (κ3) is 5.64. The number of hydrogen-bond donors (Lipinski definition) is 0. The van der Waals surface area contributed by atoms with E-state index in [1.165, 1.54) is 18.0 Å². The van der Waals surface area contributed by atoms with Crippen LogP contribution in [0.5, 0.6) is 11.5 Å². The van der Waals surface area contributed by atoms with E-state index in [9.17, 15) is 9.59 Å². The molecule has 0 N–H and O–H groups in total. The number of aromatic nitrogens is 2. The van der Waals surface area contributed by atoms with Crippen LogP contribution < -0.4 is 15.0 Å². The molecule has 0 radical (unpaired) electrons. The van der Waals surface area contributed by atoms with Gasteiger partial charge in [0.1, 0.15) is 5.82 Å². The highest BCUT2D eigenvalue weighted by Crippen LogP contribution is 2.42. The van der Waals surface area contributed by atoms with Gasteiger partial charge in [-0.05, 0) is 63.0 Å². The summed E-state index contributed by atoms with van der Waals surface area (Å²) >= 11 is 10.4. The molecule has 174 valence electrons. The molecule has 0 bridgehead atoms. The van der Waals surface area contributed by atoms with Crippen molar-refractivity contribution in [1.82, 2.24) is 9.66 Å². The minimum absolute atomic E-state index is 0.263. The molecule has 0 aliphatic heterocycles. The van der Waals surface area contributed by atoms with Crippen molar-refractivity contribution in [3.63, 3.8) is 0 Å². The van der Waals surface area contributed by atoms with Gasteiger partial charge in [0.05, 0.1) is 35.3 Å². The number of benzene rings is 2. The highest BCUT2D eigenvalue weighted by molar-refractivity contribution is 9.13. The lowest BCUT2D eigenvalue weighted by Crippen LogP contribution is -2.22. The second-order valence-electron chi connectivity index (χ2n) is 6.62. The Morgan fingerprint density at radius 1 is 1.18 bits per heavy atom. The van der Waals surface area contributed by atoms with Crippen molar-refractivity contribution in [2.24, 2.45) is 5.10 Å². The molecule has 0 amide bonds. The molecule has 0 saturated carbocycles. The Bertz CT molecular complexity index is 1290. The second kappa shape index (κ2) is 11.3. The van der Waals surface area contributed by atoms with E-state index in [1.54, 1.807) is 25.1 Å². The molecule has 0 unspecified atom stereocenters. The fraction of sp³-hybridized carbons (Fsp3) is 0.273. The SMILES string of the molecule is CCOC(=O)COc1c(OC)cc(C=Nn2c(CC)nc3ccc(Br)cc3c2=O)c(Br)c1Br. The van der Waals surface area contributed by atoms with Crippen LogP contribution in [0, 0.1) is 0 Å². The molecule has 8 nitrogen and oxygen atoms in total. The Morgan fingerprint density at radius 3 is 2.61 bits per heavy atom. The molecule has 0 atom stereocenters. The van der Waals surface area contributed by atoms with Crippen molar-refractivity contribution in [3.8, 4) is 11.5 Å². The standard InChI is InChI=1S/C22H20Br3N3O5/c1-4-17-27-15-7-6-13(23)9-14(15)22(30)28(17)26-10-12-8-16(31-3)21(20(25)19(12)24)33-11-18(29)32-5-2/h6-10H,4-5,11H2,1-3H3. The number of rotatable bonds is 8. The Morgan fingerprint density at radius 2 is 1.94 bits per heavy atom. The fourth-order valence-electron chi connectivity index (χ4n) is 2.98. The van der Waals surface area contributed by atoms with Gasteiger partial charge in [0.25, 0.3) is 5.56 Å². The summed E-state index contributed by atoms with van der Waals surface area (Å²) < 4.78 is 19.1. The zero-order valence-corrected chi connectivity index (χ0v) is 22.8. The van der Waals surface area contributed by atoms with E-state index in [2.05, 4.69) is 57.9 Å². The molecular formula is C22H20Br3N3O5. The third-order valence-electron chi connectivity index (χ3n) is 4.52. The molecule has 2 aromatic carbocycles. The number of carbonyl (C=O) groups is 1. The number of carbonyl (C=O) groups excluding carboxylic acids is 1. The number of hydrogen-bond acceptors (Lipinski definition) is 7. The molecular weight excluding hydrogens is 626 g/mol. The second-order valence-corrected chi connectivity index (χ2v) is 9.13. The van der Waals surface area contributed by atoms with E-state index in [4.69, 9.17) is 14.2 Å². The Hall–Kier alpha value is -2.24. The third-order valence-corrected chi connectivity index (χ3v) is 7.16. The molecule has 1 aromatic heterocycles. The number of halogens is 3. The van der Waals surface area contributed by atoms with Crippen LogP contribution >= 0.6 is 47.8 Å². The normalized spacial score (nSPS) is 11.2. The average Bonchev–Trinajstić information content (AvgIpc) is 2.80. The summed E-state index contributed by atoms with van der Waals surface area (Å²) in [6, 6.07) is 7.04. The first-order chi connectivity index (χ1) is 15.8. The van der Waals surface area contributed by atoms with E-state index in [-0.39, 0.29) is 18.8 Å². The summed E-state index contributed by atoms with van der Waals surface area (Å²) in [4.78, 5) is 29.3. The number of esters is 1. The van der Waals surface area contributed by atoms with Crippen LogP contribution in [0.15, 0.2) is 47.6 Å². The predicted octanol–water partition coefficient (Wildman–Crippen LogP) is 5.08. The molecule has 3 rings (SSSR count). The Labute approximate surface area is 215 Å². The maximum atomic E-state index is 13.1. The summed E-state index contributed by atoms with van der Waals surface area (Å²) in [6.07, 6.45) is 2.05. The van der Waals surface area contributed by atoms with Crippen molar-refractivity contribution in [2.45, 2.75) is 20.3 Å². The van der Waals surface area contributed by atoms with Crippen LogP contribution in [0.3, 0.4) is 0 Å². The zero-order valence-electron chi connectivity index (χ0n) is 18.0. The smallest absolute Gasteiger partial charge is 0.344 e. The maximum Gasteiger partial charge on any atom is 0.344 e. The summed E-state index contributed by atoms with van der Waals surface area (Å²) in [7, 11) is 1.48. The molecule has 0 aliphatic rings. The molecule has 11 heteroatoms. The average molecular weight is 646 g/mol. The number of fused-ring (bicyclic) bond motifs is 1. The minimum atomic E-state index is -0.491. The largest absolute Gasteiger partial charge is 0.493 e. The number of aryl methyl sites for hydroxylation is 1.